The van der Waals surface area contributed by atoms with Gasteiger partial charge in [0.1, 0.15) is 11.5 Å². The van der Waals surface area contributed by atoms with Crippen LogP contribution in [0.2, 0.25) is 0 Å². The van der Waals surface area contributed by atoms with Gasteiger partial charge in [-0.25, -0.2) is 0 Å². The molecule has 0 fully saturated rings. The van der Waals surface area contributed by atoms with Gasteiger partial charge in [-0.3, -0.25) is 0 Å². The monoisotopic (exact) mass is 820 g/mol. The van der Waals surface area contributed by atoms with Crippen LogP contribution in [0.25, 0.3) is 69.6 Å². The van der Waals surface area contributed by atoms with E-state index in [1.165, 1.54) is 69.5 Å². The van der Waals surface area contributed by atoms with Gasteiger partial charge in [-0.1, -0.05) is 152 Å². The van der Waals surface area contributed by atoms with Crippen molar-refractivity contribution in [3.8, 4) is 28.3 Å². The second-order valence-corrected chi connectivity index (χ2v) is 17.9. The Morgan fingerprint density at radius 3 is 1.92 bits per heavy atom. The van der Waals surface area contributed by atoms with Gasteiger partial charge < -0.3 is 14.2 Å². The molecule has 0 N–H and O–H groups in total. The third kappa shape index (κ3) is 4.79. The Hall–Kier alpha value is -7.92. The van der Waals surface area contributed by atoms with E-state index in [9.17, 15) is 0 Å². The Kier molecular flexibility index (Phi) is 7.20. The van der Waals surface area contributed by atoms with E-state index in [1.807, 2.05) is 11.3 Å². The molecule has 3 heterocycles. The number of thiophene rings is 1. The first-order valence-electron chi connectivity index (χ1n) is 21.6. The minimum Gasteiger partial charge on any atom is -0.457 e. The highest BCUT2D eigenvalue weighted by molar-refractivity contribution is 7.25. The summed E-state index contributed by atoms with van der Waals surface area (Å²) in [5.74, 6) is 1.73. The van der Waals surface area contributed by atoms with Crippen molar-refractivity contribution in [2.45, 2.75) is 5.41 Å². The number of para-hydroxylation sites is 3. The maximum Gasteiger partial charge on any atom is 0.134 e. The lowest BCUT2D eigenvalue weighted by atomic mass is 9.58. The molecule has 1 spiro atoms. The number of hydrogen-bond acceptors (Lipinski definition) is 3. The van der Waals surface area contributed by atoms with Crippen LogP contribution < -0.4 is 9.64 Å². The summed E-state index contributed by atoms with van der Waals surface area (Å²) in [7, 11) is 0. The molecule has 63 heavy (non-hydrogen) atoms. The number of ether oxygens (including phenoxy) is 1. The van der Waals surface area contributed by atoms with Gasteiger partial charge in [-0.05, 0) is 93.7 Å². The SMILES string of the molecule is c1ccc(-n2c3ccccc3c3ccc(N(c4ccc5c(c4)Oc4ccccc4C54c5ccccc5-c5cccc6cccc4c56)c4ccc5c(c4)sc4ccccc45)cc32)cc1. The molecule has 2 aliphatic rings. The predicted octanol–water partition coefficient (Wildman–Crippen LogP) is 16.2. The summed E-state index contributed by atoms with van der Waals surface area (Å²) in [6, 6.07) is 80.2. The van der Waals surface area contributed by atoms with Crippen molar-refractivity contribution in [1.29, 1.82) is 0 Å². The molecule has 0 bridgehead atoms. The van der Waals surface area contributed by atoms with Crippen molar-refractivity contribution >= 4 is 81.1 Å². The molecular weight excluding hydrogens is 785 g/mol. The molecule has 294 valence electrons. The Morgan fingerprint density at radius 2 is 1.02 bits per heavy atom. The molecule has 0 saturated carbocycles. The molecule has 1 aliphatic carbocycles. The van der Waals surface area contributed by atoms with Crippen molar-refractivity contribution in [2.75, 3.05) is 4.90 Å². The standard InChI is InChI=1S/C59H36N2OS/c1-2-16-38(17-3-1)61-52-25-9-5-19-43(52)44-31-28-39(34-53(44)61)60(41-29-32-46-45-20-6-11-27-56(45)63-57(46)36-41)40-30-33-50-55(35-40)62-54-26-10-8-23-49(54)59(50)48-22-7-4-18-42(48)47-21-12-14-37-15-13-24-51(59)58(37)47/h1-36H. The molecule has 3 nitrogen and oxygen atoms in total. The summed E-state index contributed by atoms with van der Waals surface area (Å²) in [4.78, 5) is 2.41. The fourth-order valence-corrected chi connectivity index (χ4v) is 12.2. The number of benzene rings is 10. The van der Waals surface area contributed by atoms with Crippen LogP contribution in [-0.2, 0) is 5.41 Å². The quantitative estimate of drug-likeness (QED) is 0.176. The second kappa shape index (κ2) is 13.0. The van der Waals surface area contributed by atoms with Gasteiger partial charge in [0.2, 0.25) is 0 Å². The molecule has 12 aromatic rings. The minimum atomic E-state index is -0.608. The Morgan fingerprint density at radius 1 is 0.397 bits per heavy atom. The van der Waals surface area contributed by atoms with Crippen LogP contribution in [0.15, 0.2) is 218 Å². The lowest BCUT2D eigenvalue weighted by molar-refractivity contribution is 0.435. The largest absolute Gasteiger partial charge is 0.457 e. The first-order chi connectivity index (χ1) is 31.2. The van der Waals surface area contributed by atoms with Crippen molar-refractivity contribution in [1.82, 2.24) is 4.57 Å². The molecule has 14 rings (SSSR count). The number of hydrogen-bond donors (Lipinski definition) is 0. The highest BCUT2D eigenvalue weighted by Crippen LogP contribution is 2.61. The number of aromatic nitrogens is 1. The van der Waals surface area contributed by atoms with Crippen LogP contribution in [0.1, 0.15) is 22.3 Å². The van der Waals surface area contributed by atoms with Crippen LogP contribution >= 0.6 is 11.3 Å². The summed E-state index contributed by atoms with van der Waals surface area (Å²) < 4.78 is 12.1. The molecule has 10 aromatic carbocycles. The third-order valence-electron chi connectivity index (χ3n) is 13.6. The van der Waals surface area contributed by atoms with Gasteiger partial charge in [0.05, 0.1) is 16.4 Å². The Labute approximate surface area is 367 Å². The second-order valence-electron chi connectivity index (χ2n) is 16.8. The molecule has 0 radical (unpaired) electrons. The third-order valence-corrected chi connectivity index (χ3v) is 14.8. The van der Waals surface area contributed by atoms with Crippen LogP contribution in [-0.4, -0.2) is 4.57 Å². The summed E-state index contributed by atoms with van der Waals surface area (Å²) in [6.45, 7) is 0. The first kappa shape index (κ1) is 34.8. The van der Waals surface area contributed by atoms with Gasteiger partial charge in [-0.2, -0.15) is 0 Å². The predicted molar refractivity (Wildman–Crippen MR) is 263 cm³/mol. The van der Waals surface area contributed by atoms with Crippen molar-refractivity contribution in [2.24, 2.45) is 0 Å². The summed E-state index contributed by atoms with van der Waals surface area (Å²) in [5, 5.41) is 7.56. The van der Waals surface area contributed by atoms with E-state index in [4.69, 9.17) is 4.74 Å². The van der Waals surface area contributed by atoms with E-state index in [0.717, 1.165) is 50.9 Å². The zero-order valence-corrected chi connectivity index (χ0v) is 34.8. The fraction of sp³-hybridized carbons (Fsp3) is 0.0169. The highest BCUT2D eigenvalue weighted by atomic mass is 32.1. The normalized spacial score (nSPS) is 14.9. The first-order valence-corrected chi connectivity index (χ1v) is 22.4. The van der Waals surface area contributed by atoms with E-state index in [1.54, 1.807) is 0 Å². The van der Waals surface area contributed by atoms with E-state index >= 15 is 0 Å². The topological polar surface area (TPSA) is 17.4 Å². The van der Waals surface area contributed by atoms with Crippen LogP contribution in [0, 0.1) is 0 Å². The van der Waals surface area contributed by atoms with Gasteiger partial charge >= 0.3 is 0 Å². The number of rotatable bonds is 4. The molecule has 0 amide bonds. The summed E-state index contributed by atoms with van der Waals surface area (Å²) in [5.41, 5.74) is 13.4. The van der Waals surface area contributed by atoms with Gasteiger partial charge in [0.15, 0.2) is 0 Å². The van der Waals surface area contributed by atoms with Crippen molar-refractivity contribution in [3.63, 3.8) is 0 Å². The molecule has 1 unspecified atom stereocenters. The van der Waals surface area contributed by atoms with E-state index in [2.05, 4.69) is 228 Å². The lowest BCUT2D eigenvalue weighted by Crippen LogP contribution is -2.36. The number of nitrogens with zero attached hydrogens (tertiary/aromatic N) is 2. The molecule has 1 atom stereocenters. The van der Waals surface area contributed by atoms with Gasteiger partial charge in [0, 0.05) is 70.9 Å². The maximum atomic E-state index is 7.13. The van der Waals surface area contributed by atoms with Crippen LogP contribution in [0.5, 0.6) is 11.5 Å². The van der Waals surface area contributed by atoms with Crippen LogP contribution in [0.3, 0.4) is 0 Å². The molecule has 4 heteroatoms. The zero-order valence-electron chi connectivity index (χ0n) is 34.0. The molecule has 2 aromatic heterocycles. The van der Waals surface area contributed by atoms with Crippen LogP contribution in [0.4, 0.5) is 17.1 Å². The van der Waals surface area contributed by atoms with Gasteiger partial charge in [0.25, 0.3) is 0 Å². The summed E-state index contributed by atoms with van der Waals surface area (Å²) >= 11 is 1.85. The smallest absolute Gasteiger partial charge is 0.134 e. The summed E-state index contributed by atoms with van der Waals surface area (Å²) in [6.07, 6.45) is 0. The molecule has 1 aliphatic heterocycles. The highest BCUT2D eigenvalue weighted by Gasteiger charge is 2.49. The van der Waals surface area contributed by atoms with Crippen molar-refractivity contribution in [3.05, 3.63) is 241 Å². The van der Waals surface area contributed by atoms with Gasteiger partial charge in [-0.15, -0.1) is 11.3 Å². The van der Waals surface area contributed by atoms with E-state index in [0.29, 0.717) is 0 Å². The van der Waals surface area contributed by atoms with E-state index in [-0.39, 0.29) is 0 Å². The zero-order chi connectivity index (χ0) is 41.2. The molecule has 0 saturated heterocycles. The molecular formula is C59H36N2OS. The Bertz CT molecular complexity index is 3860. The van der Waals surface area contributed by atoms with Crippen molar-refractivity contribution < 1.29 is 4.74 Å². The number of fused-ring (bicyclic) bond motifs is 14. The fourth-order valence-electron chi connectivity index (χ4n) is 11.1. The average molecular weight is 821 g/mol. The van der Waals surface area contributed by atoms with E-state index < -0.39 is 5.41 Å². The maximum absolute atomic E-state index is 7.13. The number of anilines is 3. The average Bonchev–Trinajstić information content (AvgIpc) is 3.88. The minimum absolute atomic E-state index is 0.608. The lowest BCUT2D eigenvalue weighted by Gasteiger charge is -2.45. The Balaban J connectivity index is 1.04.